The van der Waals surface area contributed by atoms with Gasteiger partial charge in [-0.05, 0) is 36.1 Å². The first-order chi connectivity index (χ1) is 25.5. The quantitative estimate of drug-likeness (QED) is 0.0227. The summed E-state index contributed by atoms with van der Waals surface area (Å²) in [5.41, 5.74) is 6.92. The molecule has 1 aromatic heterocycles. The predicted octanol–water partition coefficient (Wildman–Crippen LogP) is 8.59. The molecule has 0 spiro atoms. The third kappa shape index (κ3) is 10.2. The van der Waals surface area contributed by atoms with Crippen LogP contribution in [-0.2, 0) is 25.7 Å². The lowest BCUT2D eigenvalue weighted by Gasteiger charge is -2.36. The highest BCUT2D eigenvalue weighted by atomic mass is 32.2. The van der Waals surface area contributed by atoms with E-state index in [1.807, 2.05) is 97.1 Å². The second-order valence-electron chi connectivity index (χ2n) is 12.5. The molecular formula is C41H42N2O8S. The lowest BCUT2D eigenvalue weighted by atomic mass is 10.0. The van der Waals surface area contributed by atoms with E-state index in [2.05, 4.69) is 0 Å². The summed E-state index contributed by atoms with van der Waals surface area (Å²) in [4.78, 5) is 28.5. The third-order valence-corrected chi connectivity index (χ3v) is 9.70. The van der Waals surface area contributed by atoms with Gasteiger partial charge in [-0.25, -0.2) is 10.5 Å². The molecule has 0 aliphatic carbocycles. The first-order valence-corrected chi connectivity index (χ1v) is 18.5. The highest BCUT2D eigenvalue weighted by Gasteiger charge is 2.33. The Morgan fingerprint density at radius 2 is 1.44 bits per heavy atom. The van der Waals surface area contributed by atoms with Gasteiger partial charge in [-0.2, -0.15) is 0 Å². The molecule has 0 bridgehead atoms. The van der Waals surface area contributed by atoms with E-state index in [0.717, 1.165) is 46.4 Å². The first kappa shape index (κ1) is 37.0. The van der Waals surface area contributed by atoms with E-state index < -0.39 is 12.2 Å². The molecule has 0 saturated carbocycles. The average molecular weight is 723 g/mol. The van der Waals surface area contributed by atoms with E-state index in [-0.39, 0.29) is 37.6 Å². The lowest BCUT2D eigenvalue weighted by molar-refractivity contribution is -0.245. The second kappa shape index (κ2) is 18.6. The highest BCUT2D eigenvalue weighted by molar-refractivity contribution is 7.99. The summed E-state index contributed by atoms with van der Waals surface area (Å²) >= 11 is 1.50. The zero-order chi connectivity index (χ0) is 36.1. The number of aliphatic hydroxyl groups excluding tert-OH is 1. The van der Waals surface area contributed by atoms with Crippen LogP contribution in [0.1, 0.15) is 74.0 Å². The molecule has 270 valence electrons. The molecule has 0 unspecified atom stereocenters. The molecule has 3 N–H and O–H groups in total. The molecule has 6 rings (SSSR count). The zero-order valence-electron chi connectivity index (χ0n) is 28.7. The van der Waals surface area contributed by atoms with Crippen LogP contribution in [0.25, 0.3) is 22.6 Å². The van der Waals surface area contributed by atoms with E-state index in [1.54, 1.807) is 17.6 Å². The molecule has 10 nitrogen and oxygen atoms in total. The fourth-order valence-corrected chi connectivity index (χ4v) is 6.81. The normalized spacial score (nSPS) is 17.1. The molecule has 0 radical (unpaired) electrons. The van der Waals surface area contributed by atoms with Crippen LogP contribution in [0.2, 0.25) is 0 Å². The van der Waals surface area contributed by atoms with Crippen molar-refractivity contribution < 1.29 is 38.5 Å². The van der Waals surface area contributed by atoms with Gasteiger partial charge in [0.15, 0.2) is 12.1 Å². The molecule has 1 aliphatic heterocycles. The minimum atomic E-state index is -0.677. The Kier molecular flexibility index (Phi) is 13.3. The Hall–Kier alpha value is -4.78. The topological polar surface area (TPSA) is 140 Å². The number of amides is 1. The van der Waals surface area contributed by atoms with Crippen molar-refractivity contribution in [2.45, 2.75) is 75.3 Å². The number of benzene rings is 4. The van der Waals surface area contributed by atoms with E-state index >= 15 is 0 Å². The Bertz CT molecular complexity index is 1810. The number of carbonyl (C=O) groups excluding carboxylic acids is 2. The van der Waals surface area contributed by atoms with E-state index in [1.165, 1.54) is 11.8 Å². The minimum absolute atomic E-state index is 0.0364. The van der Waals surface area contributed by atoms with Gasteiger partial charge in [0.1, 0.15) is 11.4 Å². The van der Waals surface area contributed by atoms with Gasteiger partial charge in [0, 0.05) is 41.7 Å². The maximum Gasteiger partial charge on any atom is 0.311 e. The number of ether oxygens (including phenoxy) is 3. The summed E-state index contributed by atoms with van der Waals surface area (Å²) in [7, 11) is 0. The van der Waals surface area contributed by atoms with Gasteiger partial charge < -0.3 is 23.7 Å². The molecule has 1 fully saturated rings. The molecule has 11 heteroatoms. The Morgan fingerprint density at radius 1 is 0.788 bits per heavy atom. The van der Waals surface area contributed by atoms with Crippen molar-refractivity contribution >= 4 is 23.6 Å². The molecule has 3 atom stereocenters. The number of hydrogen-bond acceptors (Lipinski definition) is 10. The summed E-state index contributed by atoms with van der Waals surface area (Å²) in [6.07, 6.45) is 2.82. The van der Waals surface area contributed by atoms with Crippen LogP contribution in [0.5, 0.6) is 5.75 Å². The maximum absolute atomic E-state index is 12.4. The van der Waals surface area contributed by atoms with Crippen molar-refractivity contribution in [3.63, 3.8) is 0 Å². The summed E-state index contributed by atoms with van der Waals surface area (Å²) in [6, 6.07) is 34.9. The number of unbranched alkanes of at least 4 members (excludes halogenated alkanes) is 3. The van der Waals surface area contributed by atoms with Gasteiger partial charge in [-0.1, -0.05) is 122 Å². The lowest BCUT2D eigenvalue weighted by Crippen LogP contribution is -2.31. The standard InChI is InChI=1S/C41H42N2O8S/c44-26-28-17-19-29(20-18-28)35-25-34(27-52-41-42-38(30-11-5-3-6-12-30)39(51-41)31-13-7-4-8-14-31)49-40(50-35)32-21-23-33(24-22-32)48-37(46)16-10-2-1-9-15-36(45)43-47/h3-8,11-14,17-24,34-35,40,44,47H,1-2,9-10,15-16,25-27H2,(H,43,45)/t34-,35+,40+/m1/s1. The van der Waals surface area contributed by atoms with Crippen LogP contribution >= 0.6 is 11.8 Å². The number of aromatic nitrogens is 1. The number of esters is 1. The van der Waals surface area contributed by atoms with Crippen molar-refractivity contribution in [2.75, 3.05) is 5.75 Å². The fourth-order valence-electron chi connectivity index (χ4n) is 5.97. The Balaban J connectivity index is 1.12. The van der Waals surface area contributed by atoms with Crippen LogP contribution in [0.3, 0.4) is 0 Å². The van der Waals surface area contributed by atoms with Crippen molar-refractivity contribution in [3.05, 3.63) is 126 Å². The van der Waals surface area contributed by atoms with Crippen LogP contribution in [0.4, 0.5) is 0 Å². The number of nitrogens with zero attached hydrogens (tertiary/aromatic N) is 1. The minimum Gasteiger partial charge on any atom is -0.431 e. The summed E-state index contributed by atoms with van der Waals surface area (Å²) in [5.74, 6) is 0.979. The number of hydroxylamine groups is 1. The van der Waals surface area contributed by atoms with E-state index in [9.17, 15) is 14.7 Å². The Labute approximate surface area is 307 Å². The van der Waals surface area contributed by atoms with Gasteiger partial charge in [0.25, 0.3) is 5.22 Å². The SMILES string of the molecule is O=C(CCCCCCC(=O)Oc1ccc([C@H]2O[C@@H](CSc3nc(-c4ccccc4)c(-c4ccccc4)o3)C[C@@H](c3ccc(CO)cc3)O2)cc1)NO. The second-order valence-corrected chi connectivity index (χ2v) is 13.5. The average Bonchev–Trinajstić information content (AvgIpc) is 3.63. The van der Waals surface area contributed by atoms with Gasteiger partial charge in [-0.3, -0.25) is 14.8 Å². The van der Waals surface area contributed by atoms with Gasteiger partial charge in [0.2, 0.25) is 5.91 Å². The van der Waals surface area contributed by atoms with Crippen molar-refractivity contribution in [1.29, 1.82) is 0 Å². The third-order valence-electron chi connectivity index (χ3n) is 8.74. The molecule has 1 amide bonds. The first-order valence-electron chi connectivity index (χ1n) is 17.5. The number of hydrogen-bond donors (Lipinski definition) is 3. The predicted molar refractivity (Wildman–Crippen MR) is 196 cm³/mol. The fraction of sp³-hybridized carbons (Fsp3) is 0.293. The molecule has 52 heavy (non-hydrogen) atoms. The molecule has 4 aromatic carbocycles. The van der Waals surface area contributed by atoms with Crippen LogP contribution in [-0.4, -0.2) is 39.0 Å². The maximum atomic E-state index is 12.4. The van der Waals surface area contributed by atoms with Crippen LogP contribution < -0.4 is 10.2 Å². The highest BCUT2D eigenvalue weighted by Crippen LogP contribution is 2.41. The number of nitrogens with one attached hydrogen (secondary N) is 1. The summed E-state index contributed by atoms with van der Waals surface area (Å²) < 4.78 is 25.0. The molecule has 1 saturated heterocycles. The van der Waals surface area contributed by atoms with Crippen LogP contribution in [0, 0.1) is 0 Å². The largest absolute Gasteiger partial charge is 0.431 e. The number of aliphatic hydroxyl groups is 1. The summed E-state index contributed by atoms with van der Waals surface area (Å²) in [6.45, 7) is -0.0364. The summed E-state index contributed by atoms with van der Waals surface area (Å²) in [5, 5.41) is 18.7. The van der Waals surface area contributed by atoms with Gasteiger partial charge >= 0.3 is 5.97 Å². The molecule has 5 aromatic rings. The smallest absolute Gasteiger partial charge is 0.311 e. The van der Waals surface area contributed by atoms with E-state index in [0.29, 0.717) is 41.7 Å². The van der Waals surface area contributed by atoms with Gasteiger partial charge in [-0.15, -0.1) is 0 Å². The van der Waals surface area contributed by atoms with Crippen molar-refractivity contribution in [3.8, 4) is 28.3 Å². The van der Waals surface area contributed by atoms with E-state index in [4.69, 9.17) is 28.8 Å². The molecule has 1 aliphatic rings. The molecular weight excluding hydrogens is 681 g/mol. The Morgan fingerprint density at radius 3 is 2.12 bits per heavy atom. The van der Waals surface area contributed by atoms with Crippen molar-refractivity contribution in [2.24, 2.45) is 0 Å². The van der Waals surface area contributed by atoms with Crippen molar-refractivity contribution in [1.82, 2.24) is 10.5 Å². The number of carbonyl (C=O) groups is 2. The monoisotopic (exact) mass is 722 g/mol. The zero-order valence-corrected chi connectivity index (χ0v) is 29.5. The van der Waals surface area contributed by atoms with Crippen LogP contribution in [0.15, 0.2) is 119 Å². The molecule has 2 heterocycles. The number of thioether (sulfide) groups is 1. The number of oxazole rings is 1. The van der Waals surface area contributed by atoms with Gasteiger partial charge in [0.05, 0.1) is 18.8 Å². The number of rotatable bonds is 16.